The van der Waals surface area contributed by atoms with Crippen molar-refractivity contribution in [3.05, 3.63) is 65.0 Å². The molecule has 0 heterocycles. The number of hydrogen-bond acceptors (Lipinski definition) is 2. The standard InChI is InChI=1S/C16H16FNO2/c1-11-5-3-6-12(9-11)10-18(2)16(20)15-13(17)7-4-8-14(15)19/h3-9,19H,10H2,1-2H3. The zero-order chi connectivity index (χ0) is 14.7. The number of aryl methyl sites for hydroxylation is 1. The Morgan fingerprint density at radius 3 is 2.60 bits per heavy atom. The van der Waals surface area contributed by atoms with E-state index in [4.69, 9.17) is 0 Å². The summed E-state index contributed by atoms with van der Waals surface area (Å²) in [6, 6.07) is 11.6. The highest BCUT2D eigenvalue weighted by atomic mass is 19.1. The van der Waals surface area contributed by atoms with Crippen LogP contribution in [0, 0.1) is 12.7 Å². The number of nitrogens with zero attached hydrogens (tertiary/aromatic N) is 1. The number of rotatable bonds is 3. The number of phenols is 1. The van der Waals surface area contributed by atoms with Gasteiger partial charge in [0.2, 0.25) is 0 Å². The Morgan fingerprint density at radius 2 is 1.95 bits per heavy atom. The summed E-state index contributed by atoms with van der Waals surface area (Å²) in [4.78, 5) is 13.6. The summed E-state index contributed by atoms with van der Waals surface area (Å²) in [6.45, 7) is 2.32. The van der Waals surface area contributed by atoms with Crippen LogP contribution in [0.2, 0.25) is 0 Å². The van der Waals surface area contributed by atoms with Gasteiger partial charge in [0.1, 0.15) is 17.1 Å². The molecule has 3 nitrogen and oxygen atoms in total. The Bertz CT molecular complexity index is 620. The fourth-order valence-corrected chi connectivity index (χ4v) is 2.07. The molecular formula is C16H16FNO2. The Kier molecular flexibility index (Phi) is 4.03. The second-order valence-electron chi connectivity index (χ2n) is 4.78. The molecule has 2 aromatic carbocycles. The van der Waals surface area contributed by atoms with E-state index in [9.17, 15) is 14.3 Å². The average Bonchev–Trinajstić information content (AvgIpc) is 2.38. The topological polar surface area (TPSA) is 40.5 Å². The molecule has 1 amide bonds. The molecule has 0 radical (unpaired) electrons. The van der Waals surface area contributed by atoms with Gasteiger partial charge in [0.05, 0.1) is 0 Å². The number of carbonyl (C=O) groups is 1. The summed E-state index contributed by atoms with van der Waals surface area (Å²) in [7, 11) is 1.58. The molecule has 20 heavy (non-hydrogen) atoms. The number of carbonyl (C=O) groups excluding carboxylic acids is 1. The fourth-order valence-electron chi connectivity index (χ4n) is 2.07. The normalized spacial score (nSPS) is 10.3. The van der Waals surface area contributed by atoms with Crippen molar-refractivity contribution >= 4 is 5.91 Å². The third-order valence-corrected chi connectivity index (χ3v) is 3.05. The highest BCUT2D eigenvalue weighted by Gasteiger charge is 2.20. The molecule has 0 saturated heterocycles. The van der Waals surface area contributed by atoms with Gasteiger partial charge in [-0.1, -0.05) is 35.9 Å². The first kappa shape index (κ1) is 14.1. The maximum atomic E-state index is 13.7. The predicted octanol–water partition coefficient (Wildman–Crippen LogP) is 3.11. The van der Waals surface area contributed by atoms with E-state index in [1.165, 1.54) is 17.0 Å². The van der Waals surface area contributed by atoms with Crippen molar-refractivity contribution < 1.29 is 14.3 Å². The second kappa shape index (κ2) is 5.74. The summed E-state index contributed by atoms with van der Waals surface area (Å²) in [5.41, 5.74) is 1.76. The van der Waals surface area contributed by atoms with Crippen LogP contribution in [-0.2, 0) is 6.54 Å². The first-order chi connectivity index (χ1) is 9.49. The fraction of sp³-hybridized carbons (Fsp3) is 0.188. The average molecular weight is 273 g/mol. The van der Waals surface area contributed by atoms with Crippen LogP contribution >= 0.6 is 0 Å². The molecule has 0 aromatic heterocycles. The van der Waals surface area contributed by atoms with Crippen molar-refractivity contribution in [2.24, 2.45) is 0 Å². The molecule has 2 rings (SSSR count). The molecule has 0 saturated carbocycles. The van der Waals surface area contributed by atoms with Crippen molar-refractivity contribution in [1.82, 2.24) is 4.90 Å². The molecule has 0 atom stereocenters. The lowest BCUT2D eigenvalue weighted by Crippen LogP contribution is -2.27. The quantitative estimate of drug-likeness (QED) is 0.933. The molecule has 1 N–H and O–H groups in total. The van der Waals surface area contributed by atoms with Crippen LogP contribution in [0.5, 0.6) is 5.75 Å². The second-order valence-corrected chi connectivity index (χ2v) is 4.78. The van der Waals surface area contributed by atoms with Gasteiger partial charge in [0, 0.05) is 13.6 Å². The smallest absolute Gasteiger partial charge is 0.260 e. The van der Waals surface area contributed by atoms with E-state index in [1.807, 2.05) is 31.2 Å². The van der Waals surface area contributed by atoms with Gasteiger partial charge in [-0.3, -0.25) is 4.79 Å². The summed E-state index contributed by atoms with van der Waals surface area (Å²) in [5.74, 6) is -1.60. The number of amides is 1. The van der Waals surface area contributed by atoms with Gasteiger partial charge in [0.25, 0.3) is 5.91 Å². The molecule has 104 valence electrons. The van der Waals surface area contributed by atoms with Crippen LogP contribution < -0.4 is 0 Å². The van der Waals surface area contributed by atoms with Crippen molar-refractivity contribution in [3.63, 3.8) is 0 Å². The van der Waals surface area contributed by atoms with Gasteiger partial charge in [-0.15, -0.1) is 0 Å². The highest BCUT2D eigenvalue weighted by molar-refractivity contribution is 5.96. The lowest BCUT2D eigenvalue weighted by atomic mass is 10.1. The largest absolute Gasteiger partial charge is 0.507 e. The van der Waals surface area contributed by atoms with Crippen molar-refractivity contribution in [3.8, 4) is 5.75 Å². The van der Waals surface area contributed by atoms with Crippen LogP contribution in [-0.4, -0.2) is 23.0 Å². The highest BCUT2D eigenvalue weighted by Crippen LogP contribution is 2.22. The Morgan fingerprint density at radius 1 is 1.25 bits per heavy atom. The van der Waals surface area contributed by atoms with E-state index in [1.54, 1.807) is 7.05 Å². The number of halogens is 1. The van der Waals surface area contributed by atoms with E-state index in [2.05, 4.69) is 0 Å². The number of hydrogen-bond donors (Lipinski definition) is 1. The van der Waals surface area contributed by atoms with Crippen molar-refractivity contribution in [2.45, 2.75) is 13.5 Å². The van der Waals surface area contributed by atoms with E-state index < -0.39 is 11.7 Å². The van der Waals surface area contributed by atoms with E-state index in [-0.39, 0.29) is 11.3 Å². The summed E-state index contributed by atoms with van der Waals surface area (Å²) >= 11 is 0. The zero-order valence-electron chi connectivity index (χ0n) is 11.4. The van der Waals surface area contributed by atoms with E-state index >= 15 is 0 Å². The third-order valence-electron chi connectivity index (χ3n) is 3.05. The number of benzene rings is 2. The maximum absolute atomic E-state index is 13.7. The predicted molar refractivity (Wildman–Crippen MR) is 75.0 cm³/mol. The van der Waals surface area contributed by atoms with Crippen LogP contribution in [0.25, 0.3) is 0 Å². The SMILES string of the molecule is Cc1cccc(CN(C)C(=O)c2c(O)cccc2F)c1. The Labute approximate surface area is 117 Å². The molecule has 0 aliphatic carbocycles. The van der Waals surface area contributed by atoms with E-state index in [0.29, 0.717) is 6.54 Å². The van der Waals surface area contributed by atoms with Gasteiger partial charge in [-0.05, 0) is 24.6 Å². The first-order valence-corrected chi connectivity index (χ1v) is 6.27. The minimum absolute atomic E-state index is 0.289. The van der Waals surface area contributed by atoms with E-state index in [0.717, 1.165) is 17.2 Å². The number of aromatic hydroxyl groups is 1. The van der Waals surface area contributed by atoms with Gasteiger partial charge < -0.3 is 10.0 Å². The molecule has 0 aliphatic rings. The van der Waals surface area contributed by atoms with Gasteiger partial charge in [0.15, 0.2) is 0 Å². The van der Waals surface area contributed by atoms with Crippen LogP contribution in [0.4, 0.5) is 4.39 Å². The van der Waals surface area contributed by atoms with Crippen LogP contribution in [0.1, 0.15) is 21.5 Å². The molecule has 0 unspecified atom stereocenters. The summed E-state index contributed by atoms with van der Waals surface area (Å²) in [6.07, 6.45) is 0. The monoisotopic (exact) mass is 273 g/mol. The molecule has 0 aliphatic heterocycles. The summed E-state index contributed by atoms with van der Waals surface area (Å²) in [5, 5.41) is 9.63. The zero-order valence-corrected chi connectivity index (χ0v) is 11.4. The van der Waals surface area contributed by atoms with Gasteiger partial charge in [-0.25, -0.2) is 4.39 Å². The van der Waals surface area contributed by atoms with Gasteiger partial charge >= 0.3 is 0 Å². The molecule has 0 bridgehead atoms. The van der Waals surface area contributed by atoms with Gasteiger partial charge in [-0.2, -0.15) is 0 Å². The Balaban J connectivity index is 2.21. The summed E-state index contributed by atoms with van der Waals surface area (Å²) < 4.78 is 13.7. The lowest BCUT2D eigenvalue weighted by molar-refractivity contribution is 0.0777. The van der Waals surface area contributed by atoms with Crippen molar-refractivity contribution in [1.29, 1.82) is 0 Å². The molecule has 4 heteroatoms. The molecule has 2 aromatic rings. The van der Waals surface area contributed by atoms with Crippen LogP contribution in [0.3, 0.4) is 0 Å². The third kappa shape index (κ3) is 2.96. The maximum Gasteiger partial charge on any atom is 0.260 e. The molecule has 0 fully saturated rings. The first-order valence-electron chi connectivity index (χ1n) is 6.27. The Hall–Kier alpha value is -2.36. The molecule has 0 spiro atoms. The minimum atomic E-state index is -0.717. The van der Waals surface area contributed by atoms with Crippen LogP contribution in [0.15, 0.2) is 42.5 Å². The molecular weight excluding hydrogens is 257 g/mol. The minimum Gasteiger partial charge on any atom is -0.507 e. The lowest BCUT2D eigenvalue weighted by Gasteiger charge is -2.18. The number of phenolic OH excluding ortho intramolecular Hbond substituents is 1. The van der Waals surface area contributed by atoms with Crippen molar-refractivity contribution in [2.75, 3.05) is 7.05 Å².